The van der Waals surface area contributed by atoms with Gasteiger partial charge in [-0.25, -0.2) is 9.78 Å². The second-order valence-corrected chi connectivity index (χ2v) is 6.00. The number of hydrogen-bond acceptors (Lipinski definition) is 4. The average molecular weight is 376 g/mol. The van der Waals surface area contributed by atoms with E-state index in [0.717, 1.165) is 16.9 Å². The number of carbonyl (C=O) groups excluding carboxylic acids is 1. The number of carboxylic acids is 1. The van der Waals surface area contributed by atoms with Crippen LogP contribution in [0.4, 0.5) is 5.69 Å². The van der Waals surface area contributed by atoms with E-state index in [4.69, 9.17) is 16.7 Å². The molecule has 1 aromatic carbocycles. The summed E-state index contributed by atoms with van der Waals surface area (Å²) in [5, 5.41) is 13.2. The van der Waals surface area contributed by atoms with Crippen molar-refractivity contribution in [1.29, 1.82) is 0 Å². The zero-order chi connectivity index (χ0) is 14.9. The second-order valence-electron chi connectivity index (χ2n) is 3.88. The van der Waals surface area contributed by atoms with Gasteiger partial charge in [-0.2, -0.15) is 0 Å². The zero-order valence-electron chi connectivity index (χ0n) is 10.1. The van der Waals surface area contributed by atoms with Gasteiger partial charge in [-0.05, 0) is 40.5 Å². The van der Waals surface area contributed by atoms with Crippen LogP contribution >= 0.6 is 38.9 Å². The summed E-state index contributed by atoms with van der Waals surface area (Å²) in [6.07, 6.45) is 0. The Balaban J connectivity index is 2.23. The largest absolute Gasteiger partial charge is 0.476 e. The number of aromatic nitrogens is 1. The van der Waals surface area contributed by atoms with Gasteiger partial charge >= 0.3 is 5.97 Å². The Labute approximate surface area is 131 Å². The van der Waals surface area contributed by atoms with Crippen LogP contribution in [0.1, 0.15) is 25.9 Å². The minimum Gasteiger partial charge on any atom is -0.476 e. The first-order chi connectivity index (χ1) is 9.38. The van der Waals surface area contributed by atoms with Gasteiger partial charge in [-0.3, -0.25) is 4.79 Å². The SMILES string of the molecule is Cc1cc(Br)c(NC(=O)c2csc(C(=O)O)n2)cc1Cl. The fourth-order valence-corrected chi connectivity index (χ4v) is 2.76. The van der Waals surface area contributed by atoms with Crippen molar-refractivity contribution in [2.75, 3.05) is 5.32 Å². The van der Waals surface area contributed by atoms with Crippen molar-refractivity contribution in [2.24, 2.45) is 0 Å². The molecular formula is C12H8BrClN2O3S. The quantitative estimate of drug-likeness (QED) is 0.855. The predicted octanol–water partition coefficient (Wildman–Crippen LogP) is 3.82. The Bertz CT molecular complexity index is 702. The van der Waals surface area contributed by atoms with E-state index in [2.05, 4.69) is 26.2 Å². The van der Waals surface area contributed by atoms with Crippen LogP contribution < -0.4 is 5.32 Å². The molecule has 0 fully saturated rings. The molecule has 1 aromatic heterocycles. The molecule has 0 unspecified atom stereocenters. The number of thiazole rings is 1. The first-order valence-corrected chi connectivity index (χ1v) is 7.39. The van der Waals surface area contributed by atoms with Crippen LogP contribution in [0.5, 0.6) is 0 Å². The highest BCUT2D eigenvalue weighted by molar-refractivity contribution is 9.10. The number of aromatic carboxylic acids is 1. The van der Waals surface area contributed by atoms with Gasteiger partial charge in [-0.15, -0.1) is 11.3 Å². The summed E-state index contributed by atoms with van der Waals surface area (Å²) in [5.41, 5.74) is 1.42. The van der Waals surface area contributed by atoms with Gasteiger partial charge < -0.3 is 10.4 Å². The Morgan fingerprint density at radius 3 is 2.75 bits per heavy atom. The lowest BCUT2D eigenvalue weighted by Crippen LogP contribution is -2.13. The van der Waals surface area contributed by atoms with Gasteiger partial charge in [0.1, 0.15) is 5.69 Å². The van der Waals surface area contributed by atoms with E-state index in [1.54, 1.807) is 12.1 Å². The van der Waals surface area contributed by atoms with Gasteiger partial charge in [0.25, 0.3) is 5.91 Å². The summed E-state index contributed by atoms with van der Waals surface area (Å²) in [6.45, 7) is 1.85. The summed E-state index contributed by atoms with van der Waals surface area (Å²) in [5.74, 6) is -1.65. The molecule has 2 aromatic rings. The number of nitrogens with one attached hydrogen (secondary N) is 1. The summed E-state index contributed by atoms with van der Waals surface area (Å²) < 4.78 is 0.682. The molecule has 2 N–H and O–H groups in total. The highest BCUT2D eigenvalue weighted by Crippen LogP contribution is 2.29. The van der Waals surface area contributed by atoms with Crippen molar-refractivity contribution >= 4 is 56.4 Å². The summed E-state index contributed by atoms with van der Waals surface area (Å²) in [7, 11) is 0. The van der Waals surface area contributed by atoms with Gasteiger partial charge in [0.15, 0.2) is 0 Å². The average Bonchev–Trinajstić information content (AvgIpc) is 2.85. The zero-order valence-corrected chi connectivity index (χ0v) is 13.3. The van der Waals surface area contributed by atoms with Gasteiger partial charge in [0.2, 0.25) is 5.01 Å². The van der Waals surface area contributed by atoms with Crippen LogP contribution in [0, 0.1) is 6.92 Å². The molecule has 5 nitrogen and oxygen atoms in total. The Hall–Kier alpha value is -1.44. The topological polar surface area (TPSA) is 79.3 Å². The molecule has 0 spiro atoms. The standard InChI is InChI=1S/C12H8BrClN2O3S/c1-5-2-6(13)8(3-7(5)14)15-10(17)9-4-20-11(16-9)12(18)19/h2-4H,1H3,(H,15,17)(H,18,19). The molecule has 0 aliphatic rings. The molecule has 0 aliphatic heterocycles. The highest BCUT2D eigenvalue weighted by Gasteiger charge is 2.16. The van der Waals surface area contributed by atoms with E-state index in [1.165, 1.54) is 5.38 Å². The molecule has 20 heavy (non-hydrogen) atoms. The fourth-order valence-electron chi connectivity index (χ4n) is 1.40. The van der Waals surface area contributed by atoms with Gasteiger partial charge in [-0.1, -0.05) is 11.6 Å². The van der Waals surface area contributed by atoms with Crippen LogP contribution in [0.15, 0.2) is 22.0 Å². The van der Waals surface area contributed by atoms with E-state index >= 15 is 0 Å². The number of hydrogen-bond donors (Lipinski definition) is 2. The minimum absolute atomic E-state index is 0.0518. The second kappa shape index (κ2) is 5.90. The maximum Gasteiger partial charge on any atom is 0.365 e. The lowest BCUT2D eigenvalue weighted by Gasteiger charge is -2.08. The number of nitrogens with zero attached hydrogens (tertiary/aromatic N) is 1. The van der Waals surface area contributed by atoms with Gasteiger partial charge in [0.05, 0.1) is 5.69 Å². The van der Waals surface area contributed by atoms with E-state index in [-0.39, 0.29) is 10.7 Å². The molecule has 1 heterocycles. The maximum atomic E-state index is 12.0. The van der Waals surface area contributed by atoms with Crippen molar-refractivity contribution in [2.45, 2.75) is 6.92 Å². The van der Waals surface area contributed by atoms with Crippen LogP contribution in [0.25, 0.3) is 0 Å². The molecule has 2 rings (SSSR count). The third-order valence-electron chi connectivity index (χ3n) is 2.42. The van der Waals surface area contributed by atoms with Crippen LogP contribution in [-0.2, 0) is 0 Å². The molecule has 104 valence electrons. The van der Waals surface area contributed by atoms with Crippen molar-refractivity contribution in [3.63, 3.8) is 0 Å². The molecule has 1 amide bonds. The number of halogens is 2. The number of amides is 1. The molecule has 0 aliphatic carbocycles. The monoisotopic (exact) mass is 374 g/mol. The molecule has 0 atom stereocenters. The molecule has 0 radical (unpaired) electrons. The van der Waals surface area contributed by atoms with E-state index in [9.17, 15) is 9.59 Å². The smallest absolute Gasteiger partial charge is 0.365 e. The maximum absolute atomic E-state index is 12.0. The van der Waals surface area contributed by atoms with E-state index in [1.807, 2.05) is 6.92 Å². The predicted molar refractivity (Wildman–Crippen MR) is 80.9 cm³/mol. The number of aryl methyl sites for hydroxylation is 1. The third kappa shape index (κ3) is 3.17. The number of rotatable bonds is 3. The van der Waals surface area contributed by atoms with Crippen molar-refractivity contribution < 1.29 is 14.7 Å². The Morgan fingerprint density at radius 1 is 1.45 bits per heavy atom. The fraction of sp³-hybridized carbons (Fsp3) is 0.0833. The molecule has 0 bridgehead atoms. The molecule has 0 saturated heterocycles. The van der Waals surface area contributed by atoms with Crippen LogP contribution in [0.3, 0.4) is 0 Å². The summed E-state index contributed by atoms with van der Waals surface area (Å²) in [4.78, 5) is 26.4. The number of anilines is 1. The van der Waals surface area contributed by atoms with Crippen molar-refractivity contribution in [3.8, 4) is 0 Å². The Morgan fingerprint density at radius 2 is 2.15 bits per heavy atom. The normalized spacial score (nSPS) is 10.3. The first-order valence-electron chi connectivity index (χ1n) is 5.34. The number of benzene rings is 1. The molecule has 8 heteroatoms. The van der Waals surface area contributed by atoms with Gasteiger partial charge in [0, 0.05) is 14.9 Å². The van der Waals surface area contributed by atoms with Crippen LogP contribution in [-0.4, -0.2) is 22.0 Å². The lowest BCUT2D eigenvalue weighted by molar-refractivity contribution is 0.0696. The minimum atomic E-state index is -1.16. The number of carboxylic acid groups (broad SMARTS) is 1. The highest BCUT2D eigenvalue weighted by atomic mass is 79.9. The van der Waals surface area contributed by atoms with Crippen LogP contribution in [0.2, 0.25) is 5.02 Å². The summed E-state index contributed by atoms with van der Waals surface area (Å²) >= 11 is 10.2. The molecular weight excluding hydrogens is 368 g/mol. The summed E-state index contributed by atoms with van der Waals surface area (Å²) in [6, 6.07) is 3.39. The number of carbonyl (C=O) groups is 2. The third-order valence-corrected chi connectivity index (χ3v) is 4.31. The lowest BCUT2D eigenvalue weighted by atomic mass is 10.2. The molecule has 0 saturated carbocycles. The van der Waals surface area contributed by atoms with Crippen molar-refractivity contribution in [3.05, 3.63) is 43.3 Å². The van der Waals surface area contributed by atoms with E-state index < -0.39 is 11.9 Å². The van der Waals surface area contributed by atoms with Crippen molar-refractivity contribution in [1.82, 2.24) is 4.98 Å². The van der Waals surface area contributed by atoms with E-state index in [0.29, 0.717) is 15.2 Å². The Kier molecular flexibility index (Phi) is 4.42. The first kappa shape index (κ1) is 15.0.